The number of hydrogen-bond acceptors (Lipinski definition) is 6. The molecule has 2 N–H and O–H groups in total. The molecule has 0 aliphatic carbocycles. The second kappa shape index (κ2) is 6.98. The fourth-order valence-corrected chi connectivity index (χ4v) is 3.13. The number of sulfonamides is 1. The molecule has 0 unspecified atom stereocenters. The van der Waals surface area contributed by atoms with Crippen molar-refractivity contribution in [2.75, 3.05) is 6.54 Å². The van der Waals surface area contributed by atoms with Crippen LogP contribution in [0.1, 0.15) is 24.0 Å². The molecule has 0 bridgehead atoms. The van der Waals surface area contributed by atoms with Gasteiger partial charge in [0.05, 0.1) is 12.1 Å². The molecule has 0 atom stereocenters. The Morgan fingerprint density at radius 2 is 2.20 bits per heavy atom. The molecule has 0 aliphatic heterocycles. The molecule has 2 heterocycles. The van der Waals surface area contributed by atoms with E-state index in [1.54, 1.807) is 17.8 Å². The molecule has 0 amide bonds. The van der Waals surface area contributed by atoms with Crippen molar-refractivity contribution in [2.45, 2.75) is 31.5 Å². The van der Waals surface area contributed by atoms with Crippen molar-refractivity contribution in [3.8, 4) is 0 Å². The third kappa shape index (κ3) is 4.14. The van der Waals surface area contributed by atoms with Gasteiger partial charge in [0.1, 0.15) is 5.76 Å². The van der Waals surface area contributed by atoms with Crippen LogP contribution in [-0.2, 0) is 23.1 Å². The first-order chi connectivity index (χ1) is 9.62. The number of nitrogens with zero attached hydrogens (tertiary/aromatic N) is 1. The summed E-state index contributed by atoms with van der Waals surface area (Å²) in [4.78, 5) is 4.75. The maximum atomic E-state index is 12.0. The zero-order chi connectivity index (χ0) is 14.4. The smallest absolute Gasteiger partial charge is 0.274 e. The van der Waals surface area contributed by atoms with Gasteiger partial charge in [0.2, 0.25) is 5.09 Å². The molecule has 0 fully saturated rings. The predicted octanol–water partition coefficient (Wildman–Crippen LogP) is 1.71. The van der Waals surface area contributed by atoms with Crippen LogP contribution in [-0.4, -0.2) is 19.9 Å². The maximum absolute atomic E-state index is 12.0. The summed E-state index contributed by atoms with van der Waals surface area (Å²) >= 11 is 1.40. The minimum Gasteiger partial charge on any atom is -0.447 e. The second-order valence-corrected chi connectivity index (χ2v) is 6.86. The third-order valence-corrected chi connectivity index (χ3v) is 4.60. The minimum atomic E-state index is -3.61. The topological polar surface area (TPSA) is 84.2 Å². The van der Waals surface area contributed by atoms with Crippen molar-refractivity contribution in [3.63, 3.8) is 0 Å². The summed E-state index contributed by atoms with van der Waals surface area (Å²) in [6.07, 6.45) is 2.65. The van der Waals surface area contributed by atoms with Crippen molar-refractivity contribution < 1.29 is 12.8 Å². The van der Waals surface area contributed by atoms with E-state index in [1.807, 2.05) is 0 Å². The zero-order valence-corrected chi connectivity index (χ0v) is 12.8. The van der Waals surface area contributed by atoms with Gasteiger partial charge in [-0.1, -0.05) is 6.92 Å². The van der Waals surface area contributed by atoms with Gasteiger partial charge in [-0.25, -0.2) is 13.1 Å². The first-order valence-electron chi connectivity index (χ1n) is 6.28. The number of aromatic nitrogens is 1. The van der Waals surface area contributed by atoms with Gasteiger partial charge >= 0.3 is 0 Å². The molecule has 20 heavy (non-hydrogen) atoms. The van der Waals surface area contributed by atoms with Gasteiger partial charge < -0.3 is 9.73 Å². The van der Waals surface area contributed by atoms with Crippen molar-refractivity contribution in [1.82, 2.24) is 15.0 Å². The van der Waals surface area contributed by atoms with E-state index < -0.39 is 10.0 Å². The fourth-order valence-electron chi connectivity index (χ4n) is 1.55. The van der Waals surface area contributed by atoms with Gasteiger partial charge in [0, 0.05) is 17.6 Å². The molecule has 0 saturated carbocycles. The summed E-state index contributed by atoms with van der Waals surface area (Å²) in [7, 11) is -3.61. The van der Waals surface area contributed by atoms with Crippen molar-refractivity contribution in [3.05, 3.63) is 34.5 Å². The quantitative estimate of drug-likeness (QED) is 0.725. The Kier molecular flexibility index (Phi) is 5.30. The van der Waals surface area contributed by atoms with E-state index >= 15 is 0 Å². The summed E-state index contributed by atoms with van der Waals surface area (Å²) < 4.78 is 31.9. The molecule has 2 aromatic heterocycles. The minimum absolute atomic E-state index is 0.0599. The predicted molar refractivity (Wildman–Crippen MR) is 76.8 cm³/mol. The SMILES string of the molecule is CCCNCc1ccc(S(=O)(=O)NCc2cncs2)o1. The molecule has 0 aliphatic rings. The number of nitrogens with one attached hydrogen (secondary N) is 2. The molecule has 2 rings (SSSR count). The van der Waals surface area contributed by atoms with Crippen molar-refractivity contribution in [1.29, 1.82) is 0 Å². The van der Waals surface area contributed by atoms with E-state index in [2.05, 4.69) is 21.9 Å². The highest BCUT2D eigenvalue weighted by Crippen LogP contribution is 2.15. The Labute approximate surface area is 122 Å². The second-order valence-electron chi connectivity index (χ2n) is 4.19. The van der Waals surface area contributed by atoms with Crippen LogP contribution in [0.5, 0.6) is 0 Å². The Balaban J connectivity index is 1.95. The lowest BCUT2D eigenvalue weighted by Gasteiger charge is -2.02. The molecule has 0 aromatic carbocycles. The highest BCUT2D eigenvalue weighted by Gasteiger charge is 2.18. The molecule has 8 heteroatoms. The van der Waals surface area contributed by atoms with Crippen molar-refractivity contribution in [2.24, 2.45) is 0 Å². The van der Waals surface area contributed by atoms with E-state index in [4.69, 9.17) is 4.42 Å². The Morgan fingerprint density at radius 1 is 1.35 bits per heavy atom. The normalized spacial score (nSPS) is 11.8. The first-order valence-corrected chi connectivity index (χ1v) is 8.64. The zero-order valence-electron chi connectivity index (χ0n) is 11.1. The maximum Gasteiger partial charge on any atom is 0.274 e. The van der Waals surface area contributed by atoms with Gasteiger partial charge in [-0.05, 0) is 25.1 Å². The molecule has 0 spiro atoms. The molecule has 2 aromatic rings. The van der Waals surface area contributed by atoms with E-state index in [-0.39, 0.29) is 11.6 Å². The van der Waals surface area contributed by atoms with Crippen LogP contribution in [0.3, 0.4) is 0 Å². The van der Waals surface area contributed by atoms with Gasteiger partial charge in [-0.3, -0.25) is 4.98 Å². The van der Waals surface area contributed by atoms with E-state index in [9.17, 15) is 8.42 Å². The Hall–Kier alpha value is -1.22. The number of hydrogen-bond donors (Lipinski definition) is 2. The van der Waals surface area contributed by atoms with Crippen LogP contribution in [0.2, 0.25) is 0 Å². The van der Waals surface area contributed by atoms with E-state index in [0.717, 1.165) is 17.8 Å². The lowest BCUT2D eigenvalue weighted by molar-refractivity contribution is 0.400. The number of thiazole rings is 1. The lowest BCUT2D eigenvalue weighted by atomic mass is 10.4. The van der Waals surface area contributed by atoms with E-state index in [1.165, 1.54) is 17.4 Å². The summed E-state index contributed by atoms with van der Waals surface area (Å²) in [5.41, 5.74) is 1.66. The molecule has 0 radical (unpaired) electrons. The number of furan rings is 1. The van der Waals surface area contributed by atoms with Gasteiger partial charge in [0.15, 0.2) is 0 Å². The van der Waals surface area contributed by atoms with Gasteiger partial charge in [0.25, 0.3) is 10.0 Å². The molecule has 6 nitrogen and oxygen atoms in total. The highest BCUT2D eigenvalue weighted by molar-refractivity contribution is 7.89. The van der Waals surface area contributed by atoms with E-state index in [0.29, 0.717) is 12.3 Å². The first kappa shape index (κ1) is 15.2. The Bertz CT molecular complexity index is 620. The highest BCUT2D eigenvalue weighted by atomic mass is 32.2. The summed E-state index contributed by atoms with van der Waals surface area (Å²) in [5.74, 6) is 0.608. The van der Waals surface area contributed by atoms with Crippen LogP contribution in [0.25, 0.3) is 0 Å². The van der Waals surface area contributed by atoms with Crippen LogP contribution < -0.4 is 10.0 Å². The van der Waals surface area contributed by atoms with Crippen LogP contribution in [0, 0.1) is 0 Å². The average Bonchev–Trinajstić information content (AvgIpc) is 3.08. The molecular weight excluding hydrogens is 298 g/mol. The third-order valence-electron chi connectivity index (χ3n) is 2.55. The monoisotopic (exact) mass is 315 g/mol. The molecule has 0 saturated heterocycles. The molecular formula is C12H17N3O3S2. The van der Waals surface area contributed by atoms with Crippen LogP contribution >= 0.6 is 11.3 Å². The summed E-state index contributed by atoms with van der Waals surface area (Å²) in [5, 5.41) is 3.10. The summed E-state index contributed by atoms with van der Waals surface area (Å²) in [6.45, 7) is 3.68. The van der Waals surface area contributed by atoms with Crippen LogP contribution in [0.4, 0.5) is 0 Å². The standard InChI is InChI=1S/C12H17N3O3S2/c1-2-5-13-6-10-3-4-12(18-10)20(16,17)15-8-11-7-14-9-19-11/h3-4,7,9,13,15H,2,5-6,8H2,1H3. The largest absolute Gasteiger partial charge is 0.447 e. The summed E-state index contributed by atoms with van der Waals surface area (Å²) in [6, 6.07) is 3.14. The Morgan fingerprint density at radius 3 is 2.90 bits per heavy atom. The number of rotatable bonds is 8. The van der Waals surface area contributed by atoms with Crippen LogP contribution in [0.15, 0.2) is 33.3 Å². The lowest BCUT2D eigenvalue weighted by Crippen LogP contribution is -2.22. The van der Waals surface area contributed by atoms with Gasteiger partial charge in [-0.15, -0.1) is 11.3 Å². The van der Waals surface area contributed by atoms with Gasteiger partial charge in [-0.2, -0.15) is 0 Å². The fraction of sp³-hybridized carbons (Fsp3) is 0.417. The molecule has 110 valence electrons. The average molecular weight is 315 g/mol. The van der Waals surface area contributed by atoms with Crippen molar-refractivity contribution >= 4 is 21.4 Å².